The van der Waals surface area contributed by atoms with E-state index in [9.17, 15) is 14.4 Å². The normalized spacial score (nSPS) is 11.8. The highest BCUT2D eigenvalue weighted by Crippen LogP contribution is 2.28. The number of aromatic amines is 1. The molecule has 0 aliphatic carbocycles. The van der Waals surface area contributed by atoms with Crippen LogP contribution in [0, 0.1) is 13.8 Å². The number of ether oxygens (including phenoxy) is 4. The van der Waals surface area contributed by atoms with Gasteiger partial charge in [0.15, 0.2) is 17.6 Å². The summed E-state index contributed by atoms with van der Waals surface area (Å²) in [6, 6.07) is 5.17. The number of hydrogen-bond donors (Lipinski definition) is 1. The van der Waals surface area contributed by atoms with E-state index in [4.69, 9.17) is 18.9 Å². The number of nitrogens with one attached hydrogen (secondary N) is 1. The first-order chi connectivity index (χ1) is 14.2. The Labute approximate surface area is 174 Å². The summed E-state index contributed by atoms with van der Waals surface area (Å²) < 4.78 is 20.3. The predicted octanol–water partition coefficient (Wildman–Crippen LogP) is 3.26. The van der Waals surface area contributed by atoms with Crippen LogP contribution in [0.4, 0.5) is 0 Å². The van der Waals surface area contributed by atoms with Crippen LogP contribution < -0.4 is 9.47 Å². The van der Waals surface area contributed by atoms with Crippen molar-refractivity contribution in [2.75, 3.05) is 21.3 Å². The predicted molar refractivity (Wildman–Crippen MR) is 110 cm³/mol. The van der Waals surface area contributed by atoms with Gasteiger partial charge in [-0.1, -0.05) is 6.07 Å². The number of benzene rings is 1. The number of rotatable bonds is 8. The number of esters is 2. The molecule has 0 amide bonds. The highest BCUT2D eigenvalue weighted by Gasteiger charge is 2.27. The zero-order valence-electron chi connectivity index (χ0n) is 17.8. The first-order valence-corrected chi connectivity index (χ1v) is 9.15. The molecule has 0 saturated carbocycles. The maximum Gasteiger partial charge on any atom is 0.339 e. The largest absolute Gasteiger partial charge is 0.493 e. The van der Waals surface area contributed by atoms with Gasteiger partial charge in [-0.15, -0.1) is 0 Å². The molecule has 0 aliphatic heterocycles. The number of Topliss-reactive ketones (excluding diaryl/α,β-unsaturated/α-hetero) is 1. The fourth-order valence-electron chi connectivity index (χ4n) is 3.00. The molecule has 1 aromatic heterocycles. The van der Waals surface area contributed by atoms with Crippen LogP contribution in [0.15, 0.2) is 24.3 Å². The van der Waals surface area contributed by atoms with Crippen molar-refractivity contribution in [2.45, 2.75) is 26.9 Å². The number of hydrogen-bond acceptors (Lipinski definition) is 7. The van der Waals surface area contributed by atoms with Crippen LogP contribution in [0.3, 0.4) is 0 Å². The summed E-state index contributed by atoms with van der Waals surface area (Å²) in [5.41, 5.74) is 2.16. The molecular formula is C22H25NO7. The molecule has 160 valence electrons. The Bertz CT molecular complexity index is 988. The van der Waals surface area contributed by atoms with Gasteiger partial charge in [0, 0.05) is 11.8 Å². The van der Waals surface area contributed by atoms with E-state index < -0.39 is 23.8 Å². The quantitative estimate of drug-likeness (QED) is 0.401. The highest BCUT2D eigenvalue weighted by molar-refractivity contribution is 6.04. The first kappa shape index (κ1) is 22.7. The maximum absolute atomic E-state index is 12.7. The summed E-state index contributed by atoms with van der Waals surface area (Å²) in [7, 11) is 4.32. The van der Waals surface area contributed by atoms with Gasteiger partial charge < -0.3 is 23.9 Å². The van der Waals surface area contributed by atoms with E-state index in [0.29, 0.717) is 33.9 Å². The molecule has 0 bridgehead atoms. The van der Waals surface area contributed by atoms with E-state index in [1.807, 2.05) is 0 Å². The van der Waals surface area contributed by atoms with Gasteiger partial charge in [-0.05, 0) is 50.1 Å². The Hall–Kier alpha value is -3.55. The molecule has 0 fully saturated rings. The van der Waals surface area contributed by atoms with Crippen LogP contribution in [0.1, 0.15) is 44.6 Å². The van der Waals surface area contributed by atoms with Crippen molar-refractivity contribution < 1.29 is 33.3 Å². The third kappa shape index (κ3) is 4.89. The van der Waals surface area contributed by atoms with Crippen molar-refractivity contribution in [1.82, 2.24) is 4.98 Å². The number of carbonyl (C=O) groups is 3. The lowest BCUT2D eigenvalue weighted by molar-refractivity contribution is -0.140. The lowest BCUT2D eigenvalue weighted by Gasteiger charge is -2.11. The molecule has 0 aliphatic rings. The fraction of sp³-hybridized carbons (Fsp3) is 0.318. The van der Waals surface area contributed by atoms with Crippen molar-refractivity contribution in [3.05, 3.63) is 52.4 Å². The number of carbonyl (C=O) groups excluding carboxylic acids is 3. The Morgan fingerprint density at radius 1 is 1.03 bits per heavy atom. The van der Waals surface area contributed by atoms with E-state index >= 15 is 0 Å². The van der Waals surface area contributed by atoms with Gasteiger partial charge in [-0.3, -0.25) is 4.79 Å². The molecule has 1 aromatic carbocycles. The molecule has 1 atom stereocenters. The van der Waals surface area contributed by atoms with Crippen LogP contribution in [0.2, 0.25) is 0 Å². The minimum absolute atomic E-state index is 0.206. The monoisotopic (exact) mass is 415 g/mol. The first-order valence-electron chi connectivity index (χ1n) is 9.15. The lowest BCUT2D eigenvalue weighted by atomic mass is 10.1. The summed E-state index contributed by atoms with van der Waals surface area (Å²) in [6.07, 6.45) is 1.72. The summed E-state index contributed by atoms with van der Waals surface area (Å²) in [5, 5.41) is 0. The second-order valence-corrected chi connectivity index (χ2v) is 6.51. The number of H-pyrrole nitrogens is 1. The Balaban J connectivity index is 2.10. The number of methoxy groups -OCH3 is 3. The van der Waals surface area contributed by atoms with Crippen molar-refractivity contribution in [2.24, 2.45) is 0 Å². The van der Waals surface area contributed by atoms with Gasteiger partial charge in [-0.25, -0.2) is 9.59 Å². The van der Waals surface area contributed by atoms with E-state index in [-0.39, 0.29) is 5.69 Å². The number of ketones is 1. The molecule has 0 spiro atoms. The van der Waals surface area contributed by atoms with Gasteiger partial charge in [0.25, 0.3) is 0 Å². The zero-order valence-corrected chi connectivity index (χ0v) is 17.8. The molecule has 1 N–H and O–H groups in total. The average Bonchev–Trinajstić information content (AvgIpc) is 3.04. The van der Waals surface area contributed by atoms with Gasteiger partial charge >= 0.3 is 11.9 Å². The molecule has 8 nitrogen and oxygen atoms in total. The zero-order chi connectivity index (χ0) is 22.4. The summed E-state index contributed by atoms with van der Waals surface area (Å²) >= 11 is 0. The smallest absolute Gasteiger partial charge is 0.339 e. The number of aromatic nitrogens is 1. The Morgan fingerprint density at radius 2 is 1.70 bits per heavy atom. The van der Waals surface area contributed by atoms with E-state index in [1.54, 1.807) is 38.1 Å². The second kappa shape index (κ2) is 9.78. The van der Waals surface area contributed by atoms with Crippen LogP contribution in [-0.4, -0.2) is 50.1 Å². The summed E-state index contributed by atoms with van der Waals surface area (Å²) in [4.78, 5) is 39.6. The third-order valence-corrected chi connectivity index (χ3v) is 4.56. The van der Waals surface area contributed by atoms with Crippen molar-refractivity contribution in [1.29, 1.82) is 0 Å². The maximum atomic E-state index is 12.7. The minimum Gasteiger partial charge on any atom is -0.493 e. The number of aryl methyl sites for hydroxylation is 1. The molecule has 2 rings (SSSR count). The Morgan fingerprint density at radius 3 is 2.30 bits per heavy atom. The topological polar surface area (TPSA) is 104 Å². The minimum atomic E-state index is -1.05. The molecular weight excluding hydrogens is 390 g/mol. The van der Waals surface area contributed by atoms with Gasteiger partial charge in [-0.2, -0.15) is 0 Å². The molecule has 1 heterocycles. The van der Waals surface area contributed by atoms with E-state index in [0.717, 1.165) is 0 Å². The SMILES string of the molecule is COC(=O)c1c(C)[nH]c(C(=O)[C@@H](C)OC(=O)/C=C/c2ccc(OC)c(OC)c2)c1C. The molecule has 0 unspecified atom stereocenters. The van der Waals surface area contributed by atoms with Crippen LogP contribution in [0.25, 0.3) is 6.08 Å². The third-order valence-electron chi connectivity index (χ3n) is 4.56. The lowest BCUT2D eigenvalue weighted by Crippen LogP contribution is -2.24. The molecule has 2 aromatic rings. The highest BCUT2D eigenvalue weighted by atomic mass is 16.5. The van der Waals surface area contributed by atoms with Crippen LogP contribution >= 0.6 is 0 Å². The summed E-state index contributed by atoms with van der Waals surface area (Å²) in [6.45, 7) is 4.77. The molecule has 0 radical (unpaired) electrons. The molecule has 0 saturated heterocycles. The Kier molecular flexibility index (Phi) is 7.41. The van der Waals surface area contributed by atoms with Crippen molar-refractivity contribution in [3.63, 3.8) is 0 Å². The molecule has 30 heavy (non-hydrogen) atoms. The van der Waals surface area contributed by atoms with E-state index in [1.165, 1.54) is 34.3 Å². The fourth-order valence-corrected chi connectivity index (χ4v) is 3.00. The van der Waals surface area contributed by atoms with Gasteiger partial charge in [0.05, 0.1) is 32.6 Å². The van der Waals surface area contributed by atoms with Crippen molar-refractivity contribution in [3.8, 4) is 11.5 Å². The second-order valence-electron chi connectivity index (χ2n) is 6.51. The summed E-state index contributed by atoms with van der Waals surface area (Å²) in [5.74, 6) is -0.573. The molecule has 8 heteroatoms. The van der Waals surface area contributed by atoms with Crippen LogP contribution in [-0.2, 0) is 14.3 Å². The van der Waals surface area contributed by atoms with E-state index in [2.05, 4.69) is 4.98 Å². The average molecular weight is 415 g/mol. The van der Waals surface area contributed by atoms with Crippen LogP contribution in [0.5, 0.6) is 11.5 Å². The van der Waals surface area contributed by atoms with Gasteiger partial charge in [0.2, 0.25) is 5.78 Å². The van der Waals surface area contributed by atoms with Gasteiger partial charge in [0.1, 0.15) is 0 Å². The van der Waals surface area contributed by atoms with Crippen molar-refractivity contribution >= 4 is 23.8 Å². The standard InChI is InChI=1S/C22H25NO7/c1-12-19(22(26)29-6)13(2)23-20(12)21(25)14(3)30-18(24)10-8-15-7-9-16(27-4)17(11-15)28-5/h7-11,14,23H,1-6H3/b10-8+/t14-/m1/s1.